The van der Waals surface area contributed by atoms with Crippen LogP contribution in [0.5, 0.6) is 11.5 Å². The van der Waals surface area contributed by atoms with Gasteiger partial charge in [0.2, 0.25) is 0 Å². The third-order valence-corrected chi connectivity index (χ3v) is 4.00. The van der Waals surface area contributed by atoms with E-state index in [0.717, 1.165) is 63.6 Å². The molecule has 128 valence electrons. The summed E-state index contributed by atoms with van der Waals surface area (Å²) in [5.41, 5.74) is 0. The minimum absolute atomic E-state index is 0.100. The highest BCUT2D eigenvalue weighted by Crippen LogP contribution is 2.22. The van der Waals surface area contributed by atoms with Crippen LogP contribution in [0.3, 0.4) is 0 Å². The van der Waals surface area contributed by atoms with Crippen LogP contribution in [-0.2, 0) is 14.2 Å². The van der Waals surface area contributed by atoms with Gasteiger partial charge in [-0.1, -0.05) is 0 Å². The number of benzene rings is 1. The average Bonchev–Trinajstić information content (AvgIpc) is 2.55. The smallest absolute Gasteiger partial charge is 0.199 e. The van der Waals surface area contributed by atoms with Gasteiger partial charge in [-0.15, -0.1) is 0 Å². The lowest BCUT2D eigenvalue weighted by molar-refractivity contribution is -0.130. The highest BCUT2D eigenvalue weighted by Gasteiger charge is 2.18. The molecule has 5 heteroatoms. The van der Waals surface area contributed by atoms with Crippen LogP contribution in [0.4, 0.5) is 0 Å². The van der Waals surface area contributed by atoms with E-state index in [9.17, 15) is 0 Å². The standard InChI is InChI=1S/C18H26O5/c1-2-12-22-18(5-1)23-16-8-6-15(7-9-16)20-10-3-4-11-21-17-13-19-14-17/h6-9,17-18H,1-5,10-14H2. The molecule has 0 aromatic heterocycles. The first-order chi connectivity index (χ1) is 11.4. The van der Waals surface area contributed by atoms with Crippen LogP contribution in [0, 0.1) is 0 Å². The Balaban J connectivity index is 1.27. The van der Waals surface area contributed by atoms with Crippen LogP contribution in [0.1, 0.15) is 32.1 Å². The Hall–Kier alpha value is -1.30. The van der Waals surface area contributed by atoms with E-state index < -0.39 is 0 Å². The van der Waals surface area contributed by atoms with E-state index in [0.29, 0.717) is 12.7 Å². The molecule has 2 aliphatic rings. The van der Waals surface area contributed by atoms with Crippen molar-refractivity contribution in [1.82, 2.24) is 0 Å². The molecule has 0 aliphatic carbocycles. The number of ether oxygens (including phenoxy) is 5. The van der Waals surface area contributed by atoms with Crippen molar-refractivity contribution >= 4 is 0 Å². The van der Waals surface area contributed by atoms with Crippen molar-refractivity contribution in [3.8, 4) is 11.5 Å². The van der Waals surface area contributed by atoms with Gasteiger partial charge in [0.25, 0.3) is 0 Å². The summed E-state index contributed by atoms with van der Waals surface area (Å²) in [5.74, 6) is 1.70. The van der Waals surface area contributed by atoms with Crippen LogP contribution < -0.4 is 9.47 Å². The van der Waals surface area contributed by atoms with Crippen LogP contribution in [0.25, 0.3) is 0 Å². The van der Waals surface area contributed by atoms with Gasteiger partial charge >= 0.3 is 0 Å². The monoisotopic (exact) mass is 322 g/mol. The lowest BCUT2D eigenvalue weighted by Gasteiger charge is -2.25. The fraction of sp³-hybridized carbons (Fsp3) is 0.667. The zero-order chi connectivity index (χ0) is 15.7. The zero-order valence-electron chi connectivity index (χ0n) is 13.6. The summed E-state index contributed by atoms with van der Waals surface area (Å²) < 4.78 is 27.8. The van der Waals surface area contributed by atoms with Crippen molar-refractivity contribution in [2.75, 3.05) is 33.0 Å². The second-order valence-electron chi connectivity index (χ2n) is 5.97. The Labute approximate surface area is 137 Å². The molecular weight excluding hydrogens is 296 g/mol. The van der Waals surface area contributed by atoms with Crippen molar-refractivity contribution in [2.24, 2.45) is 0 Å². The Kier molecular flexibility index (Phi) is 6.55. The molecule has 0 amide bonds. The maximum Gasteiger partial charge on any atom is 0.199 e. The number of rotatable bonds is 9. The van der Waals surface area contributed by atoms with Gasteiger partial charge in [-0.25, -0.2) is 0 Å². The molecule has 1 unspecified atom stereocenters. The van der Waals surface area contributed by atoms with Crippen LogP contribution in [-0.4, -0.2) is 45.4 Å². The van der Waals surface area contributed by atoms with E-state index in [-0.39, 0.29) is 6.29 Å². The van der Waals surface area contributed by atoms with Gasteiger partial charge in [0.1, 0.15) is 17.6 Å². The summed E-state index contributed by atoms with van der Waals surface area (Å²) in [6, 6.07) is 7.76. The highest BCUT2D eigenvalue weighted by atomic mass is 16.7. The lowest BCUT2D eigenvalue weighted by Crippen LogP contribution is -2.36. The van der Waals surface area contributed by atoms with Gasteiger partial charge in [-0.3, -0.25) is 0 Å². The number of hydrogen-bond acceptors (Lipinski definition) is 5. The summed E-state index contributed by atoms with van der Waals surface area (Å²) in [6.07, 6.45) is 5.48. The zero-order valence-corrected chi connectivity index (χ0v) is 13.6. The maximum absolute atomic E-state index is 5.80. The summed E-state index contributed by atoms with van der Waals surface area (Å²) in [4.78, 5) is 0. The topological polar surface area (TPSA) is 46.2 Å². The molecule has 5 nitrogen and oxygen atoms in total. The van der Waals surface area contributed by atoms with Crippen molar-refractivity contribution in [1.29, 1.82) is 0 Å². The third kappa shape index (κ3) is 5.68. The summed E-state index contributed by atoms with van der Waals surface area (Å²) >= 11 is 0. The Morgan fingerprint density at radius 3 is 2.43 bits per heavy atom. The molecule has 0 N–H and O–H groups in total. The quantitative estimate of drug-likeness (QED) is 0.654. The van der Waals surface area contributed by atoms with E-state index in [4.69, 9.17) is 23.7 Å². The Morgan fingerprint density at radius 1 is 0.957 bits per heavy atom. The van der Waals surface area contributed by atoms with E-state index in [1.165, 1.54) is 6.42 Å². The van der Waals surface area contributed by atoms with Gasteiger partial charge < -0.3 is 23.7 Å². The van der Waals surface area contributed by atoms with E-state index >= 15 is 0 Å². The van der Waals surface area contributed by atoms with Crippen molar-refractivity contribution in [2.45, 2.75) is 44.5 Å². The van der Waals surface area contributed by atoms with Gasteiger partial charge in [-0.2, -0.15) is 0 Å². The predicted molar refractivity (Wildman–Crippen MR) is 85.9 cm³/mol. The molecule has 23 heavy (non-hydrogen) atoms. The molecule has 3 rings (SSSR count). The molecule has 0 spiro atoms. The number of unbranched alkanes of at least 4 members (excludes halogenated alkanes) is 1. The Bertz CT molecular complexity index is 437. The van der Waals surface area contributed by atoms with E-state index in [2.05, 4.69) is 0 Å². The van der Waals surface area contributed by atoms with Crippen LogP contribution in [0.15, 0.2) is 24.3 Å². The van der Waals surface area contributed by atoms with Gasteiger partial charge in [0, 0.05) is 13.0 Å². The maximum atomic E-state index is 5.80. The first-order valence-electron chi connectivity index (χ1n) is 8.60. The minimum Gasteiger partial charge on any atom is -0.494 e. The number of hydrogen-bond donors (Lipinski definition) is 0. The molecule has 0 saturated carbocycles. The van der Waals surface area contributed by atoms with Crippen LogP contribution in [0.2, 0.25) is 0 Å². The van der Waals surface area contributed by atoms with E-state index in [1.54, 1.807) is 0 Å². The molecule has 2 aliphatic heterocycles. The molecule has 2 fully saturated rings. The normalized spacial score (nSPS) is 21.7. The Morgan fingerprint density at radius 2 is 1.74 bits per heavy atom. The summed E-state index contributed by atoms with van der Waals surface area (Å²) in [7, 11) is 0. The highest BCUT2D eigenvalue weighted by molar-refractivity contribution is 5.31. The van der Waals surface area contributed by atoms with Crippen LogP contribution >= 0.6 is 0 Å². The molecular formula is C18H26O5. The predicted octanol–water partition coefficient (Wildman–Crippen LogP) is 3.17. The first kappa shape index (κ1) is 16.6. The molecule has 2 saturated heterocycles. The van der Waals surface area contributed by atoms with Crippen molar-refractivity contribution in [3.05, 3.63) is 24.3 Å². The minimum atomic E-state index is -0.100. The summed E-state index contributed by atoms with van der Waals surface area (Å²) in [6.45, 7) is 3.78. The average molecular weight is 322 g/mol. The fourth-order valence-electron chi connectivity index (χ4n) is 2.52. The largest absolute Gasteiger partial charge is 0.494 e. The second-order valence-corrected chi connectivity index (χ2v) is 5.97. The molecule has 1 atom stereocenters. The van der Waals surface area contributed by atoms with Crippen molar-refractivity contribution in [3.63, 3.8) is 0 Å². The van der Waals surface area contributed by atoms with E-state index in [1.807, 2.05) is 24.3 Å². The molecule has 1 aromatic carbocycles. The SMILES string of the molecule is c1cc(OC2CCCCO2)ccc1OCCCCOC1COC1. The molecule has 1 aromatic rings. The third-order valence-electron chi connectivity index (χ3n) is 4.00. The lowest BCUT2D eigenvalue weighted by atomic mass is 10.2. The second kappa shape index (κ2) is 9.11. The molecule has 2 heterocycles. The van der Waals surface area contributed by atoms with Gasteiger partial charge in [0.15, 0.2) is 6.29 Å². The molecule has 0 bridgehead atoms. The summed E-state index contributed by atoms with van der Waals surface area (Å²) in [5, 5.41) is 0. The fourth-order valence-corrected chi connectivity index (χ4v) is 2.52. The first-order valence-corrected chi connectivity index (χ1v) is 8.60. The van der Waals surface area contributed by atoms with Gasteiger partial charge in [-0.05, 0) is 49.9 Å². The molecule has 0 radical (unpaired) electrons. The van der Waals surface area contributed by atoms with Gasteiger partial charge in [0.05, 0.1) is 26.4 Å². The van der Waals surface area contributed by atoms with Crippen molar-refractivity contribution < 1.29 is 23.7 Å².